The molecule has 3 rings (SSSR count). The molecule has 0 amide bonds. The molecule has 2 heterocycles. The molecule has 0 aliphatic carbocycles. The zero-order valence-corrected chi connectivity index (χ0v) is 10.3. The molecular formula is C11H4Cl2N5. The van der Waals surface area contributed by atoms with Crippen LogP contribution in [0.1, 0.15) is 0 Å². The first-order valence-corrected chi connectivity index (χ1v) is 5.70. The van der Waals surface area contributed by atoms with E-state index in [9.17, 15) is 0 Å². The van der Waals surface area contributed by atoms with Crippen molar-refractivity contribution in [2.75, 3.05) is 0 Å². The maximum absolute atomic E-state index is 5.71. The fourth-order valence-corrected chi connectivity index (χ4v) is 1.81. The second-order valence-corrected chi connectivity index (χ2v) is 4.05. The lowest BCUT2D eigenvalue weighted by molar-refractivity contribution is 1.04. The third-order valence-corrected chi connectivity index (χ3v) is 2.53. The van der Waals surface area contributed by atoms with Crippen LogP contribution in [0.25, 0.3) is 22.6 Å². The van der Waals surface area contributed by atoms with Crippen molar-refractivity contribution in [2.24, 2.45) is 0 Å². The highest BCUT2D eigenvalue weighted by atomic mass is 35.5. The first-order chi connectivity index (χ1) is 8.72. The number of hydrogen-bond acceptors (Lipinski definition) is 5. The van der Waals surface area contributed by atoms with E-state index in [1.165, 1.54) is 0 Å². The summed E-state index contributed by atoms with van der Waals surface area (Å²) in [5, 5.41) is 0.0155. The molecule has 2 aromatic heterocycles. The Bertz CT molecular complexity index is 711. The van der Waals surface area contributed by atoms with Gasteiger partial charge in [-0.05, 0) is 35.3 Å². The number of aromatic nitrogens is 5. The zero-order valence-electron chi connectivity index (χ0n) is 8.80. The van der Waals surface area contributed by atoms with Gasteiger partial charge in [-0.25, -0.2) is 9.97 Å². The number of benzene rings is 1. The van der Waals surface area contributed by atoms with Gasteiger partial charge in [0.15, 0.2) is 5.82 Å². The van der Waals surface area contributed by atoms with Crippen molar-refractivity contribution in [1.29, 1.82) is 0 Å². The van der Waals surface area contributed by atoms with E-state index in [-0.39, 0.29) is 16.4 Å². The molecule has 1 radical (unpaired) electrons. The van der Waals surface area contributed by atoms with Gasteiger partial charge in [-0.2, -0.15) is 15.0 Å². The van der Waals surface area contributed by atoms with Crippen molar-refractivity contribution in [3.05, 3.63) is 41.0 Å². The van der Waals surface area contributed by atoms with Crippen LogP contribution in [0.4, 0.5) is 0 Å². The lowest BCUT2D eigenvalue weighted by Gasteiger charge is -2.01. The third kappa shape index (κ3) is 2.10. The molecule has 0 atom stereocenters. The van der Waals surface area contributed by atoms with E-state index in [4.69, 9.17) is 23.2 Å². The van der Waals surface area contributed by atoms with Crippen LogP contribution in [0.15, 0.2) is 24.3 Å². The van der Waals surface area contributed by atoms with E-state index in [0.717, 1.165) is 11.0 Å². The Labute approximate surface area is 112 Å². The summed E-state index contributed by atoms with van der Waals surface area (Å²) in [5.41, 5.74) is 1.84. The second kappa shape index (κ2) is 4.44. The Kier molecular flexibility index (Phi) is 2.77. The van der Waals surface area contributed by atoms with Gasteiger partial charge in [-0.3, -0.25) is 0 Å². The van der Waals surface area contributed by atoms with Crippen molar-refractivity contribution in [3.63, 3.8) is 0 Å². The van der Waals surface area contributed by atoms with Gasteiger partial charge >= 0.3 is 0 Å². The van der Waals surface area contributed by atoms with E-state index in [1.807, 2.05) is 24.3 Å². The normalized spacial score (nSPS) is 10.8. The quantitative estimate of drug-likeness (QED) is 0.684. The summed E-state index contributed by atoms with van der Waals surface area (Å²) in [6.07, 6.45) is 2.75. The van der Waals surface area contributed by atoms with Crippen molar-refractivity contribution >= 4 is 34.2 Å². The van der Waals surface area contributed by atoms with E-state index >= 15 is 0 Å². The number of para-hydroxylation sites is 2. The molecule has 7 heteroatoms. The number of rotatable bonds is 1. The highest BCUT2D eigenvalue weighted by Gasteiger charge is 2.09. The fourth-order valence-electron chi connectivity index (χ4n) is 1.44. The first kappa shape index (κ1) is 11.3. The number of hydrogen-bond donors (Lipinski definition) is 0. The van der Waals surface area contributed by atoms with Gasteiger partial charge < -0.3 is 0 Å². The highest BCUT2D eigenvalue weighted by Crippen LogP contribution is 2.17. The molecule has 3 aromatic rings. The van der Waals surface area contributed by atoms with Gasteiger partial charge in [0.1, 0.15) is 11.9 Å². The predicted octanol–water partition coefficient (Wildman–Crippen LogP) is 2.59. The average Bonchev–Trinajstić information content (AvgIpc) is 2.37. The van der Waals surface area contributed by atoms with Gasteiger partial charge in [-0.1, -0.05) is 12.1 Å². The van der Waals surface area contributed by atoms with Crippen molar-refractivity contribution in [1.82, 2.24) is 24.9 Å². The molecule has 0 aliphatic rings. The van der Waals surface area contributed by atoms with Gasteiger partial charge in [0.25, 0.3) is 0 Å². The van der Waals surface area contributed by atoms with Crippen LogP contribution in [0, 0.1) is 6.20 Å². The van der Waals surface area contributed by atoms with E-state index in [2.05, 4.69) is 31.1 Å². The standard InChI is InChI=1S/C11H4Cl2N5/c12-10-16-9(17-11(13)18-10)8-5-14-6-3-1-2-4-7(6)15-8/h1-4H. The first-order valence-electron chi connectivity index (χ1n) is 4.94. The summed E-state index contributed by atoms with van der Waals surface area (Å²) in [6.45, 7) is 0. The van der Waals surface area contributed by atoms with Crippen LogP contribution in [0.3, 0.4) is 0 Å². The minimum absolute atomic E-state index is 0.00774. The maximum atomic E-state index is 5.71. The minimum Gasteiger partial charge on any atom is -0.242 e. The Morgan fingerprint density at radius 3 is 2.22 bits per heavy atom. The Hall–Kier alpha value is -1.85. The topological polar surface area (TPSA) is 64.5 Å². The SMILES string of the molecule is Clc1nc(Cl)nc(-c2[c]nc3ccccc3n2)n1. The van der Waals surface area contributed by atoms with Crippen LogP contribution in [0.5, 0.6) is 0 Å². The molecule has 5 nitrogen and oxygen atoms in total. The monoisotopic (exact) mass is 276 g/mol. The van der Waals surface area contributed by atoms with Crippen LogP contribution in [-0.2, 0) is 0 Å². The number of nitrogens with zero attached hydrogens (tertiary/aromatic N) is 5. The van der Waals surface area contributed by atoms with Gasteiger partial charge in [0.05, 0.1) is 11.0 Å². The van der Waals surface area contributed by atoms with Crippen LogP contribution in [0.2, 0.25) is 10.6 Å². The van der Waals surface area contributed by atoms with Crippen molar-refractivity contribution in [2.45, 2.75) is 0 Å². The molecule has 18 heavy (non-hydrogen) atoms. The maximum Gasteiger partial charge on any atom is 0.227 e. The largest absolute Gasteiger partial charge is 0.242 e. The lowest BCUT2D eigenvalue weighted by Crippen LogP contribution is -1.97. The molecule has 0 saturated carbocycles. The molecule has 1 aromatic carbocycles. The summed E-state index contributed by atoms with van der Waals surface area (Å²) >= 11 is 11.4. The van der Waals surface area contributed by atoms with E-state index < -0.39 is 0 Å². The van der Waals surface area contributed by atoms with Crippen LogP contribution in [-0.4, -0.2) is 24.9 Å². The van der Waals surface area contributed by atoms with Gasteiger partial charge in [-0.15, -0.1) is 0 Å². The highest BCUT2D eigenvalue weighted by molar-refractivity contribution is 6.31. The van der Waals surface area contributed by atoms with Gasteiger partial charge in [0.2, 0.25) is 10.6 Å². The minimum atomic E-state index is 0.00774. The van der Waals surface area contributed by atoms with Crippen molar-refractivity contribution in [3.8, 4) is 11.5 Å². The summed E-state index contributed by atoms with van der Waals surface area (Å²) in [4.78, 5) is 20.0. The van der Waals surface area contributed by atoms with Crippen LogP contribution >= 0.6 is 23.2 Å². The Morgan fingerprint density at radius 1 is 0.833 bits per heavy atom. The van der Waals surface area contributed by atoms with E-state index in [1.54, 1.807) is 0 Å². The summed E-state index contributed by atoms with van der Waals surface area (Å²) < 4.78 is 0. The molecular weight excluding hydrogens is 273 g/mol. The van der Waals surface area contributed by atoms with Gasteiger partial charge in [0, 0.05) is 0 Å². The smallest absolute Gasteiger partial charge is 0.227 e. The molecule has 0 unspecified atom stereocenters. The third-order valence-electron chi connectivity index (χ3n) is 2.19. The molecule has 0 bridgehead atoms. The summed E-state index contributed by atoms with van der Waals surface area (Å²) in [7, 11) is 0. The summed E-state index contributed by atoms with van der Waals surface area (Å²) in [6, 6.07) is 7.43. The molecule has 87 valence electrons. The number of halogens is 2. The molecule has 0 fully saturated rings. The van der Waals surface area contributed by atoms with Crippen molar-refractivity contribution < 1.29 is 0 Å². The Morgan fingerprint density at radius 2 is 1.50 bits per heavy atom. The second-order valence-electron chi connectivity index (χ2n) is 3.37. The Balaban J connectivity index is 2.19. The molecule has 0 N–H and O–H groups in total. The predicted molar refractivity (Wildman–Crippen MR) is 67.2 cm³/mol. The molecule has 0 aliphatic heterocycles. The summed E-state index contributed by atoms with van der Waals surface area (Å²) in [5.74, 6) is 0.248. The lowest BCUT2D eigenvalue weighted by atomic mass is 10.3. The fraction of sp³-hybridized carbons (Fsp3) is 0. The zero-order chi connectivity index (χ0) is 12.5. The molecule has 0 spiro atoms. The number of fused-ring (bicyclic) bond motifs is 1. The molecule has 0 saturated heterocycles. The van der Waals surface area contributed by atoms with E-state index in [0.29, 0.717) is 5.69 Å². The van der Waals surface area contributed by atoms with Crippen LogP contribution < -0.4 is 0 Å². The average molecular weight is 277 g/mol.